The summed E-state index contributed by atoms with van der Waals surface area (Å²) in [5.74, 6) is 4.27. The molecule has 4 rings (SSSR count). The number of primary amides is 1. The van der Waals surface area contributed by atoms with Crippen molar-refractivity contribution >= 4 is 22.8 Å². The van der Waals surface area contributed by atoms with Crippen LogP contribution in [-0.4, -0.2) is 66.8 Å². The molecule has 1 aromatic carbocycles. The Bertz CT molecular complexity index is 1390. The minimum atomic E-state index is -4.67. The zero-order valence-electron chi connectivity index (χ0n) is 19.7. The Kier molecular flexibility index (Phi) is 7.20. The monoisotopic (exact) mass is 515 g/mol. The van der Waals surface area contributed by atoms with Gasteiger partial charge in [0.2, 0.25) is 11.8 Å². The molecule has 4 N–H and O–H groups in total. The molecule has 0 bridgehead atoms. The lowest BCUT2D eigenvalue weighted by atomic mass is 10.0. The van der Waals surface area contributed by atoms with Crippen LogP contribution >= 0.6 is 0 Å². The standard InChI is InChI=1S/C25H24F3N5O4/c1-14(34)32(8-3-5-15-4-2-6-16(10-15)23(29)37)12-17-11-19(21(36)20(17)35)33-9-7-18-22(25(26,27)28)30-13-31-24(18)33/h2,4,6-7,9-10,13,17,19-21,35-36H,8,11-12H2,1H3,(H2,29,37)/t17-,19-,20-,21+/m1/s1. The summed E-state index contributed by atoms with van der Waals surface area (Å²) in [5.41, 5.74) is 5.03. The van der Waals surface area contributed by atoms with E-state index in [1.807, 2.05) is 0 Å². The van der Waals surface area contributed by atoms with Gasteiger partial charge in [-0.25, -0.2) is 9.97 Å². The van der Waals surface area contributed by atoms with Gasteiger partial charge < -0.3 is 25.4 Å². The van der Waals surface area contributed by atoms with Crippen molar-refractivity contribution in [2.45, 2.75) is 37.8 Å². The van der Waals surface area contributed by atoms with E-state index in [0.717, 1.165) is 6.33 Å². The lowest BCUT2D eigenvalue weighted by molar-refractivity contribution is -0.139. The number of carbonyl (C=O) groups excluding carboxylic acids is 2. The maximum atomic E-state index is 13.3. The second kappa shape index (κ2) is 10.2. The Balaban J connectivity index is 1.51. The molecule has 194 valence electrons. The van der Waals surface area contributed by atoms with Gasteiger partial charge in [-0.05, 0) is 30.7 Å². The van der Waals surface area contributed by atoms with Gasteiger partial charge >= 0.3 is 6.18 Å². The third-order valence-electron chi connectivity index (χ3n) is 6.46. The molecule has 0 saturated heterocycles. The number of aliphatic hydroxyl groups excluding tert-OH is 2. The van der Waals surface area contributed by atoms with Gasteiger partial charge in [0.25, 0.3) is 0 Å². The van der Waals surface area contributed by atoms with Crippen LogP contribution < -0.4 is 5.73 Å². The third kappa shape index (κ3) is 5.42. The number of halogens is 3. The lowest BCUT2D eigenvalue weighted by Crippen LogP contribution is -2.38. The summed E-state index contributed by atoms with van der Waals surface area (Å²) in [6.07, 6.45) is -4.81. The first kappa shape index (κ1) is 26.1. The van der Waals surface area contributed by atoms with E-state index in [1.54, 1.807) is 18.2 Å². The van der Waals surface area contributed by atoms with E-state index in [-0.39, 0.29) is 36.5 Å². The van der Waals surface area contributed by atoms with Crippen LogP contribution in [-0.2, 0) is 11.0 Å². The second-order valence-corrected chi connectivity index (χ2v) is 8.87. The van der Waals surface area contributed by atoms with Crippen molar-refractivity contribution in [1.82, 2.24) is 19.4 Å². The number of nitrogens with zero attached hydrogens (tertiary/aromatic N) is 4. The largest absolute Gasteiger partial charge is 0.434 e. The van der Waals surface area contributed by atoms with Crippen molar-refractivity contribution in [3.63, 3.8) is 0 Å². The summed E-state index contributed by atoms with van der Waals surface area (Å²) in [6.45, 7) is 1.44. The van der Waals surface area contributed by atoms with Gasteiger partial charge in [0.15, 0.2) is 5.69 Å². The number of hydrogen-bond donors (Lipinski definition) is 3. The van der Waals surface area contributed by atoms with Gasteiger partial charge in [0.05, 0.1) is 18.7 Å². The zero-order valence-corrected chi connectivity index (χ0v) is 19.7. The van der Waals surface area contributed by atoms with Crippen LogP contribution in [0.1, 0.15) is 41.0 Å². The number of rotatable bonds is 5. The number of alkyl halides is 3. The molecule has 2 heterocycles. The average Bonchev–Trinajstić information content (AvgIpc) is 3.39. The SMILES string of the molecule is CC(=O)N(CC#Cc1cccc(C(N)=O)c1)C[C@H]1C[C@@H](n2ccc3c(C(F)(F)F)ncnc32)[C@H](O)[C@@H]1O. The molecule has 0 radical (unpaired) electrons. The minimum absolute atomic E-state index is 0.00768. The van der Waals surface area contributed by atoms with Crippen LogP contribution in [0.15, 0.2) is 42.9 Å². The molecule has 12 heteroatoms. The van der Waals surface area contributed by atoms with Gasteiger partial charge in [0.1, 0.15) is 18.1 Å². The Morgan fingerprint density at radius 2 is 1.97 bits per heavy atom. The minimum Gasteiger partial charge on any atom is -0.390 e. The maximum Gasteiger partial charge on any atom is 0.434 e. The summed E-state index contributed by atoms with van der Waals surface area (Å²) in [7, 11) is 0. The first-order valence-electron chi connectivity index (χ1n) is 11.4. The second-order valence-electron chi connectivity index (χ2n) is 8.87. The number of carbonyl (C=O) groups is 2. The number of aliphatic hydroxyl groups is 2. The summed E-state index contributed by atoms with van der Waals surface area (Å²) in [6, 6.07) is 6.89. The molecular weight excluding hydrogens is 491 g/mol. The molecule has 0 aliphatic heterocycles. The summed E-state index contributed by atoms with van der Waals surface area (Å²) in [4.78, 5) is 32.3. The van der Waals surface area contributed by atoms with E-state index in [1.165, 1.54) is 34.7 Å². The molecule has 3 aromatic rings. The Morgan fingerprint density at radius 3 is 2.65 bits per heavy atom. The van der Waals surface area contributed by atoms with E-state index in [2.05, 4.69) is 21.8 Å². The Labute approximate surface area is 209 Å². The summed E-state index contributed by atoms with van der Waals surface area (Å²) < 4.78 is 41.4. The van der Waals surface area contributed by atoms with E-state index in [9.17, 15) is 33.0 Å². The highest BCUT2D eigenvalue weighted by atomic mass is 19.4. The van der Waals surface area contributed by atoms with Crippen LogP contribution in [0.25, 0.3) is 11.0 Å². The highest BCUT2D eigenvalue weighted by molar-refractivity contribution is 5.93. The van der Waals surface area contributed by atoms with Crippen molar-refractivity contribution in [2.24, 2.45) is 11.7 Å². The van der Waals surface area contributed by atoms with Crippen LogP contribution in [0.2, 0.25) is 0 Å². The molecule has 2 amide bonds. The van der Waals surface area contributed by atoms with Crippen LogP contribution in [0.5, 0.6) is 0 Å². The number of nitrogens with two attached hydrogens (primary N) is 1. The number of aromatic nitrogens is 3. The summed E-state index contributed by atoms with van der Waals surface area (Å²) in [5, 5.41) is 21.2. The van der Waals surface area contributed by atoms with Crippen molar-refractivity contribution < 1.29 is 33.0 Å². The molecular formula is C25H24F3N5O4. The van der Waals surface area contributed by atoms with Crippen molar-refractivity contribution in [1.29, 1.82) is 0 Å². The molecule has 1 aliphatic rings. The smallest absolute Gasteiger partial charge is 0.390 e. The van der Waals surface area contributed by atoms with Crippen LogP contribution in [0.4, 0.5) is 13.2 Å². The van der Waals surface area contributed by atoms with Gasteiger partial charge in [0, 0.05) is 42.1 Å². The average molecular weight is 515 g/mol. The predicted octanol–water partition coefficient (Wildman–Crippen LogP) is 1.73. The molecule has 37 heavy (non-hydrogen) atoms. The van der Waals surface area contributed by atoms with Crippen molar-refractivity contribution in [3.8, 4) is 11.8 Å². The highest BCUT2D eigenvalue weighted by Gasteiger charge is 2.44. The number of fused-ring (bicyclic) bond motifs is 1. The molecule has 1 aliphatic carbocycles. The van der Waals surface area contributed by atoms with Crippen molar-refractivity contribution in [3.05, 3.63) is 59.7 Å². The quantitative estimate of drug-likeness (QED) is 0.443. The van der Waals surface area contributed by atoms with E-state index in [0.29, 0.717) is 11.1 Å². The Hall–Kier alpha value is -3.95. The van der Waals surface area contributed by atoms with E-state index >= 15 is 0 Å². The van der Waals surface area contributed by atoms with E-state index in [4.69, 9.17) is 5.73 Å². The first-order chi connectivity index (χ1) is 17.5. The fourth-order valence-corrected chi connectivity index (χ4v) is 4.60. The third-order valence-corrected chi connectivity index (χ3v) is 6.46. The summed E-state index contributed by atoms with van der Waals surface area (Å²) >= 11 is 0. The molecule has 1 saturated carbocycles. The Morgan fingerprint density at radius 1 is 1.22 bits per heavy atom. The number of hydrogen-bond acceptors (Lipinski definition) is 6. The number of amides is 2. The zero-order chi connectivity index (χ0) is 26.9. The van der Waals surface area contributed by atoms with Gasteiger partial charge in [-0.1, -0.05) is 17.9 Å². The molecule has 9 nitrogen and oxygen atoms in total. The van der Waals surface area contributed by atoms with Crippen LogP contribution in [0, 0.1) is 17.8 Å². The fraction of sp³-hybridized carbons (Fsp3) is 0.360. The van der Waals surface area contributed by atoms with E-state index < -0.39 is 41.9 Å². The van der Waals surface area contributed by atoms with Gasteiger partial charge in [-0.2, -0.15) is 13.2 Å². The molecule has 1 fully saturated rings. The van der Waals surface area contributed by atoms with Gasteiger partial charge in [-0.15, -0.1) is 0 Å². The predicted molar refractivity (Wildman–Crippen MR) is 126 cm³/mol. The fourth-order valence-electron chi connectivity index (χ4n) is 4.60. The molecule has 0 unspecified atom stereocenters. The molecule has 0 spiro atoms. The normalized spacial score (nSPS) is 21.5. The van der Waals surface area contributed by atoms with Gasteiger partial charge in [-0.3, -0.25) is 9.59 Å². The first-order valence-corrected chi connectivity index (χ1v) is 11.4. The molecule has 2 aromatic heterocycles. The maximum absolute atomic E-state index is 13.3. The lowest BCUT2D eigenvalue weighted by Gasteiger charge is -2.24. The topological polar surface area (TPSA) is 135 Å². The highest BCUT2D eigenvalue weighted by Crippen LogP contribution is 2.39. The number of benzene rings is 1. The van der Waals surface area contributed by atoms with Crippen molar-refractivity contribution in [2.75, 3.05) is 13.1 Å². The molecule has 4 atom stereocenters. The van der Waals surface area contributed by atoms with Crippen LogP contribution in [0.3, 0.4) is 0 Å².